The summed E-state index contributed by atoms with van der Waals surface area (Å²) in [6, 6.07) is 1.35. The molecular formula is C6H5BClF3N-. The highest BCUT2D eigenvalue weighted by Gasteiger charge is 2.24. The van der Waals surface area contributed by atoms with Crippen molar-refractivity contribution in [3.63, 3.8) is 0 Å². The van der Waals surface area contributed by atoms with Gasteiger partial charge >= 0.3 is 6.98 Å². The first kappa shape index (κ1) is 9.38. The fourth-order valence-corrected chi connectivity index (χ4v) is 0.992. The van der Waals surface area contributed by atoms with E-state index in [9.17, 15) is 12.9 Å². The molecule has 0 saturated heterocycles. The van der Waals surface area contributed by atoms with E-state index in [4.69, 9.17) is 11.6 Å². The molecule has 0 atom stereocenters. The summed E-state index contributed by atoms with van der Waals surface area (Å²) < 4.78 is 35.7. The van der Waals surface area contributed by atoms with Gasteiger partial charge in [0.15, 0.2) is 0 Å². The standard InChI is InChI=1S/C6H5BClF3N/c8-6-1-2-12-4-5(6)3-7(9,10)11/h1-2,4H,3H2/q-1. The molecule has 6 heteroatoms. The summed E-state index contributed by atoms with van der Waals surface area (Å²) in [5, 5.41) is 0.115. The number of halogens is 4. The third kappa shape index (κ3) is 2.73. The third-order valence-electron chi connectivity index (χ3n) is 1.30. The maximum Gasteiger partial charge on any atom is 0.482 e. The summed E-state index contributed by atoms with van der Waals surface area (Å²) >= 11 is 5.50. The summed E-state index contributed by atoms with van der Waals surface area (Å²) in [7, 11) is 0. The van der Waals surface area contributed by atoms with Crippen LogP contribution in [0.3, 0.4) is 0 Å². The molecule has 66 valence electrons. The van der Waals surface area contributed by atoms with Gasteiger partial charge in [-0.05, 0) is 11.6 Å². The van der Waals surface area contributed by atoms with E-state index in [1.807, 2.05) is 0 Å². The minimum atomic E-state index is -4.83. The first-order chi connectivity index (χ1) is 5.49. The normalized spacial score (nSPS) is 11.7. The first-order valence-corrected chi connectivity index (χ1v) is 3.66. The number of hydrogen-bond acceptors (Lipinski definition) is 1. The second-order valence-electron chi connectivity index (χ2n) is 2.38. The quantitative estimate of drug-likeness (QED) is 0.660. The lowest BCUT2D eigenvalue weighted by Crippen LogP contribution is -2.19. The van der Waals surface area contributed by atoms with Gasteiger partial charge in [0.25, 0.3) is 0 Å². The van der Waals surface area contributed by atoms with Crippen LogP contribution >= 0.6 is 11.6 Å². The van der Waals surface area contributed by atoms with E-state index in [0.29, 0.717) is 0 Å². The summed E-state index contributed by atoms with van der Waals surface area (Å²) in [4.78, 5) is 3.56. The summed E-state index contributed by atoms with van der Waals surface area (Å²) in [5.41, 5.74) is 0.0340. The number of rotatable bonds is 2. The molecule has 0 aliphatic carbocycles. The molecule has 0 N–H and O–H groups in total. The van der Waals surface area contributed by atoms with Crippen molar-refractivity contribution in [3.8, 4) is 0 Å². The van der Waals surface area contributed by atoms with Crippen molar-refractivity contribution < 1.29 is 12.9 Å². The fraction of sp³-hybridized carbons (Fsp3) is 0.167. The van der Waals surface area contributed by atoms with Gasteiger partial charge in [0.1, 0.15) is 0 Å². The van der Waals surface area contributed by atoms with Crippen LogP contribution in [0.25, 0.3) is 0 Å². The van der Waals surface area contributed by atoms with E-state index in [-0.39, 0.29) is 10.6 Å². The molecule has 0 fully saturated rings. The molecule has 0 aliphatic heterocycles. The lowest BCUT2D eigenvalue weighted by Gasteiger charge is -2.13. The molecule has 0 spiro atoms. The van der Waals surface area contributed by atoms with E-state index in [1.54, 1.807) is 0 Å². The van der Waals surface area contributed by atoms with Gasteiger partial charge in [-0.1, -0.05) is 17.9 Å². The molecule has 1 aromatic rings. The minimum Gasteiger partial charge on any atom is -0.449 e. The van der Waals surface area contributed by atoms with Crippen LogP contribution in [0.2, 0.25) is 5.02 Å². The highest BCUT2D eigenvalue weighted by molar-refractivity contribution is 6.58. The zero-order chi connectivity index (χ0) is 9.19. The molecule has 0 unspecified atom stereocenters. The van der Waals surface area contributed by atoms with E-state index >= 15 is 0 Å². The Morgan fingerprint density at radius 1 is 1.42 bits per heavy atom. The Bertz CT molecular complexity index is 276. The molecule has 0 amide bonds. The summed E-state index contributed by atoms with van der Waals surface area (Å²) in [6.07, 6.45) is 1.53. The first-order valence-electron chi connectivity index (χ1n) is 3.28. The van der Waals surface area contributed by atoms with Crippen LogP contribution in [-0.2, 0) is 6.32 Å². The van der Waals surface area contributed by atoms with Crippen LogP contribution in [0.1, 0.15) is 5.56 Å². The summed E-state index contributed by atoms with van der Waals surface area (Å²) in [6.45, 7) is -4.83. The van der Waals surface area contributed by atoms with Crippen molar-refractivity contribution in [1.82, 2.24) is 4.98 Å². The molecule has 1 rings (SSSR count). The van der Waals surface area contributed by atoms with Gasteiger partial charge in [0, 0.05) is 17.4 Å². The third-order valence-corrected chi connectivity index (χ3v) is 1.66. The predicted octanol–water partition coefficient (Wildman–Crippen LogP) is 2.66. The smallest absolute Gasteiger partial charge is 0.449 e. The van der Waals surface area contributed by atoms with Crippen molar-refractivity contribution in [3.05, 3.63) is 29.0 Å². The zero-order valence-electron chi connectivity index (χ0n) is 5.98. The van der Waals surface area contributed by atoms with Crippen molar-refractivity contribution in [1.29, 1.82) is 0 Å². The average molecular weight is 194 g/mol. The van der Waals surface area contributed by atoms with Crippen LogP contribution in [0.5, 0.6) is 0 Å². The molecule has 0 aromatic carbocycles. The molecule has 12 heavy (non-hydrogen) atoms. The number of aromatic nitrogens is 1. The van der Waals surface area contributed by atoms with Crippen molar-refractivity contribution in [2.24, 2.45) is 0 Å². The minimum absolute atomic E-state index is 0.0340. The SMILES string of the molecule is F[B-](F)(F)Cc1cnccc1Cl. The summed E-state index contributed by atoms with van der Waals surface area (Å²) in [5.74, 6) is 0. The molecule has 0 aliphatic rings. The molecular weight excluding hydrogens is 189 g/mol. The van der Waals surface area contributed by atoms with Crippen molar-refractivity contribution in [2.75, 3.05) is 0 Å². The van der Waals surface area contributed by atoms with Gasteiger partial charge in [-0.2, -0.15) is 0 Å². The Kier molecular flexibility index (Phi) is 2.62. The monoisotopic (exact) mass is 194 g/mol. The molecule has 0 bridgehead atoms. The number of hydrogen-bond donors (Lipinski definition) is 0. The van der Waals surface area contributed by atoms with Crippen LogP contribution in [0.4, 0.5) is 12.9 Å². The van der Waals surface area contributed by atoms with Crippen LogP contribution in [0.15, 0.2) is 18.5 Å². The Balaban J connectivity index is 2.83. The highest BCUT2D eigenvalue weighted by Crippen LogP contribution is 2.21. The second-order valence-corrected chi connectivity index (χ2v) is 2.79. The topological polar surface area (TPSA) is 12.9 Å². The molecule has 0 radical (unpaired) electrons. The second kappa shape index (κ2) is 3.35. The van der Waals surface area contributed by atoms with Gasteiger partial charge in [-0.15, -0.1) is 0 Å². The molecule has 0 saturated carbocycles. The van der Waals surface area contributed by atoms with Crippen LogP contribution < -0.4 is 0 Å². The van der Waals surface area contributed by atoms with E-state index in [1.165, 1.54) is 12.3 Å². The predicted molar refractivity (Wildman–Crippen MR) is 42.0 cm³/mol. The molecule has 1 aromatic heterocycles. The van der Waals surface area contributed by atoms with Gasteiger partial charge in [0.2, 0.25) is 0 Å². The average Bonchev–Trinajstić information content (AvgIpc) is 1.91. The number of pyridine rings is 1. The van der Waals surface area contributed by atoms with Crippen molar-refractivity contribution >= 4 is 18.6 Å². The number of nitrogens with zero attached hydrogens (tertiary/aromatic N) is 1. The maximum atomic E-state index is 11.9. The van der Waals surface area contributed by atoms with Gasteiger partial charge in [-0.3, -0.25) is 4.98 Å². The zero-order valence-corrected chi connectivity index (χ0v) is 6.73. The van der Waals surface area contributed by atoms with Crippen LogP contribution in [-0.4, -0.2) is 12.0 Å². The Labute approximate surface area is 72.6 Å². The van der Waals surface area contributed by atoms with Gasteiger partial charge < -0.3 is 12.9 Å². The Morgan fingerprint density at radius 2 is 2.08 bits per heavy atom. The largest absolute Gasteiger partial charge is 0.482 e. The Hall–Kier alpha value is -0.705. The van der Waals surface area contributed by atoms with Gasteiger partial charge in [0.05, 0.1) is 0 Å². The Morgan fingerprint density at radius 3 is 2.58 bits per heavy atom. The molecule has 1 heterocycles. The fourth-order valence-electron chi connectivity index (χ4n) is 0.810. The van der Waals surface area contributed by atoms with E-state index < -0.39 is 13.3 Å². The lowest BCUT2D eigenvalue weighted by atomic mass is 9.82. The van der Waals surface area contributed by atoms with E-state index in [2.05, 4.69) is 4.98 Å². The van der Waals surface area contributed by atoms with E-state index in [0.717, 1.165) is 6.20 Å². The highest BCUT2D eigenvalue weighted by atomic mass is 35.5. The molecule has 1 nitrogen and oxygen atoms in total. The van der Waals surface area contributed by atoms with Gasteiger partial charge in [-0.25, -0.2) is 0 Å². The van der Waals surface area contributed by atoms with Crippen molar-refractivity contribution in [2.45, 2.75) is 6.32 Å². The van der Waals surface area contributed by atoms with Crippen LogP contribution in [0, 0.1) is 0 Å². The lowest BCUT2D eigenvalue weighted by molar-refractivity contribution is 0.468. The maximum absolute atomic E-state index is 11.9.